The van der Waals surface area contributed by atoms with Gasteiger partial charge in [-0.15, -0.1) is 0 Å². The Morgan fingerprint density at radius 1 is 0.857 bits per heavy atom. The van der Waals surface area contributed by atoms with Gasteiger partial charge in [0.25, 0.3) is 0 Å². The topological polar surface area (TPSA) is 36.3 Å². The van der Waals surface area contributed by atoms with Gasteiger partial charge in [-0.25, -0.2) is 0 Å². The van der Waals surface area contributed by atoms with Crippen LogP contribution in [0.15, 0.2) is 66.7 Å². The van der Waals surface area contributed by atoms with Crippen LogP contribution in [0.25, 0.3) is 10.8 Å². The molecule has 3 aromatic carbocycles. The molecule has 0 aliphatic carbocycles. The molecule has 1 fully saturated rings. The molecule has 0 N–H and O–H groups in total. The highest BCUT2D eigenvalue weighted by atomic mass is 16.6. The van der Waals surface area contributed by atoms with Crippen LogP contribution in [0.5, 0.6) is 0 Å². The molecule has 0 saturated carbocycles. The van der Waals surface area contributed by atoms with Crippen molar-refractivity contribution in [2.24, 2.45) is 0 Å². The molecule has 0 spiro atoms. The van der Waals surface area contributed by atoms with E-state index in [1.807, 2.05) is 48.5 Å². The lowest BCUT2D eigenvalue weighted by molar-refractivity contribution is 0.378. The van der Waals surface area contributed by atoms with Gasteiger partial charge in [0.2, 0.25) is 0 Å². The van der Waals surface area contributed by atoms with Crippen LogP contribution < -0.4 is 0 Å². The predicted octanol–water partition coefficient (Wildman–Crippen LogP) is 4.52. The molecule has 0 aromatic heterocycles. The zero-order valence-corrected chi connectivity index (χ0v) is 11.4. The number of hydrogen-bond donors (Lipinski definition) is 0. The molecule has 1 saturated heterocycles. The van der Waals surface area contributed by atoms with E-state index in [-0.39, 0.29) is 12.2 Å². The first-order valence-electron chi connectivity index (χ1n) is 7.00. The molecular weight excluding hydrogens is 258 g/mol. The molecule has 3 aromatic rings. The van der Waals surface area contributed by atoms with Crippen molar-refractivity contribution in [3.8, 4) is 6.07 Å². The summed E-state index contributed by atoms with van der Waals surface area (Å²) in [7, 11) is 0. The molecule has 100 valence electrons. The van der Waals surface area contributed by atoms with E-state index < -0.39 is 0 Å². The van der Waals surface area contributed by atoms with Crippen LogP contribution in [0.3, 0.4) is 0 Å². The van der Waals surface area contributed by atoms with Crippen molar-refractivity contribution in [1.29, 1.82) is 5.26 Å². The van der Waals surface area contributed by atoms with E-state index in [4.69, 9.17) is 10.00 Å². The largest absolute Gasteiger partial charge is 0.359 e. The van der Waals surface area contributed by atoms with Gasteiger partial charge in [-0.3, -0.25) is 0 Å². The summed E-state index contributed by atoms with van der Waals surface area (Å²) < 4.78 is 5.89. The molecule has 0 bridgehead atoms. The second-order valence-corrected chi connectivity index (χ2v) is 5.28. The fraction of sp³-hybridized carbons (Fsp3) is 0.105. The van der Waals surface area contributed by atoms with Crippen molar-refractivity contribution in [2.75, 3.05) is 0 Å². The summed E-state index contributed by atoms with van der Waals surface area (Å²) >= 11 is 0. The monoisotopic (exact) mass is 271 g/mol. The number of ether oxygens (including phenoxy) is 1. The number of nitriles is 1. The van der Waals surface area contributed by atoms with Gasteiger partial charge in [-0.1, -0.05) is 54.6 Å². The van der Waals surface area contributed by atoms with Gasteiger partial charge in [0.15, 0.2) is 0 Å². The summed E-state index contributed by atoms with van der Waals surface area (Å²) in [5.74, 6) is 0. The van der Waals surface area contributed by atoms with Crippen molar-refractivity contribution in [2.45, 2.75) is 12.2 Å². The minimum Gasteiger partial charge on any atom is -0.359 e. The Bertz CT molecular complexity index is 848. The summed E-state index contributed by atoms with van der Waals surface area (Å²) in [5, 5.41) is 11.3. The van der Waals surface area contributed by atoms with Crippen LogP contribution in [0.2, 0.25) is 0 Å². The molecule has 1 aliphatic heterocycles. The Kier molecular flexibility index (Phi) is 2.73. The molecule has 2 unspecified atom stereocenters. The summed E-state index contributed by atoms with van der Waals surface area (Å²) in [4.78, 5) is 0. The third kappa shape index (κ3) is 2.08. The van der Waals surface area contributed by atoms with Gasteiger partial charge in [0, 0.05) is 0 Å². The average Bonchev–Trinajstić information content (AvgIpc) is 3.35. The van der Waals surface area contributed by atoms with Gasteiger partial charge >= 0.3 is 0 Å². The van der Waals surface area contributed by atoms with Crippen molar-refractivity contribution in [3.05, 3.63) is 83.4 Å². The van der Waals surface area contributed by atoms with E-state index >= 15 is 0 Å². The standard InChI is InChI=1S/C19H13NO/c20-12-13-9-10-16-15(11-13)7-4-8-17(16)19-18(21-19)14-5-2-1-3-6-14/h1-11,18-19H. The van der Waals surface area contributed by atoms with Gasteiger partial charge in [-0.2, -0.15) is 5.26 Å². The first-order valence-corrected chi connectivity index (χ1v) is 7.00. The van der Waals surface area contributed by atoms with Gasteiger partial charge in [0.05, 0.1) is 11.6 Å². The van der Waals surface area contributed by atoms with Crippen LogP contribution in [0.1, 0.15) is 28.9 Å². The summed E-state index contributed by atoms with van der Waals surface area (Å²) in [5.41, 5.74) is 3.11. The normalized spacial score (nSPS) is 20.1. The van der Waals surface area contributed by atoms with Gasteiger partial charge < -0.3 is 4.74 Å². The number of rotatable bonds is 2. The van der Waals surface area contributed by atoms with Crippen LogP contribution in [-0.2, 0) is 4.74 Å². The van der Waals surface area contributed by atoms with Crippen molar-refractivity contribution < 1.29 is 4.74 Å². The highest BCUT2D eigenvalue weighted by Crippen LogP contribution is 2.52. The first kappa shape index (κ1) is 12.1. The van der Waals surface area contributed by atoms with Crippen molar-refractivity contribution in [3.63, 3.8) is 0 Å². The SMILES string of the molecule is N#Cc1ccc2c(C3OC3c3ccccc3)cccc2c1. The predicted molar refractivity (Wildman–Crippen MR) is 81.7 cm³/mol. The van der Waals surface area contributed by atoms with Crippen LogP contribution >= 0.6 is 0 Å². The fourth-order valence-corrected chi connectivity index (χ4v) is 2.87. The lowest BCUT2D eigenvalue weighted by Crippen LogP contribution is -1.87. The summed E-state index contributed by atoms with van der Waals surface area (Å²) in [6.07, 6.45) is 0.261. The Balaban J connectivity index is 1.74. The maximum Gasteiger partial charge on any atom is 0.114 e. The number of benzene rings is 3. The van der Waals surface area contributed by atoms with E-state index in [2.05, 4.69) is 24.3 Å². The number of nitrogens with zero attached hydrogens (tertiary/aromatic N) is 1. The molecule has 0 amide bonds. The minimum absolute atomic E-state index is 0.115. The molecule has 0 radical (unpaired) electrons. The van der Waals surface area contributed by atoms with Gasteiger partial charge in [0.1, 0.15) is 12.2 Å². The van der Waals surface area contributed by atoms with E-state index in [0.717, 1.165) is 5.39 Å². The number of epoxide rings is 1. The molecule has 4 rings (SSSR count). The smallest absolute Gasteiger partial charge is 0.114 e. The third-order valence-electron chi connectivity index (χ3n) is 3.97. The van der Waals surface area contributed by atoms with E-state index in [0.29, 0.717) is 5.56 Å². The number of hydrogen-bond acceptors (Lipinski definition) is 2. The summed E-state index contributed by atoms with van der Waals surface area (Å²) in [6.45, 7) is 0. The molecule has 2 atom stereocenters. The Morgan fingerprint density at radius 2 is 1.71 bits per heavy atom. The van der Waals surface area contributed by atoms with Crippen molar-refractivity contribution >= 4 is 10.8 Å². The third-order valence-corrected chi connectivity index (χ3v) is 3.97. The molecule has 21 heavy (non-hydrogen) atoms. The van der Waals surface area contributed by atoms with Crippen LogP contribution in [0, 0.1) is 11.3 Å². The second-order valence-electron chi connectivity index (χ2n) is 5.28. The Labute approximate surface area is 123 Å². The molecule has 2 nitrogen and oxygen atoms in total. The Morgan fingerprint density at radius 3 is 2.52 bits per heavy atom. The summed E-state index contributed by atoms with van der Waals surface area (Å²) in [6, 6.07) is 24.5. The second kappa shape index (κ2) is 4.73. The molecule has 1 aliphatic rings. The highest BCUT2D eigenvalue weighted by molar-refractivity contribution is 5.87. The molecular formula is C19H13NO. The average molecular weight is 271 g/mol. The van der Waals surface area contributed by atoms with Crippen LogP contribution in [0.4, 0.5) is 0 Å². The van der Waals surface area contributed by atoms with E-state index in [1.54, 1.807) is 0 Å². The van der Waals surface area contributed by atoms with Gasteiger partial charge in [-0.05, 0) is 34.0 Å². The Hall–Kier alpha value is -2.63. The quantitative estimate of drug-likeness (QED) is 0.642. The maximum atomic E-state index is 9.00. The molecule has 2 heteroatoms. The van der Waals surface area contributed by atoms with E-state index in [9.17, 15) is 0 Å². The van der Waals surface area contributed by atoms with Crippen LogP contribution in [-0.4, -0.2) is 0 Å². The lowest BCUT2D eigenvalue weighted by Gasteiger charge is -2.04. The zero-order valence-electron chi connectivity index (χ0n) is 11.4. The number of fused-ring (bicyclic) bond motifs is 1. The first-order chi connectivity index (χ1) is 10.4. The fourth-order valence-electron chi connectivity index (χ4n) is 2.87. The lowest BCUT2D eigenvalue weighted by atomic mass is 9.97. The minimum atomic E-state index is 0.115. The molecule has 1 heterocycles. The maximum absolute atomic E-state index is 9.00. The highest BCUT2D eigenvalue weighted by Gasteiger charge is 2.41. The van der Waals surface area contributed by atoms with Crippen molar-refractivity contribution in [1.82, 2.24) is 0 Å². The van der Waals surface area contributed by atoms with E-state index in [1.165, 1.54) is 16.5 Å². The zero-order chi connectivity index (χ0) is 14.2.